The summed E-state index contributed by atoms with van der Waals surface area (Å²) in [4.78, 5) is 0. The van der Waals surface area contributed by atoms with Gasteiger partial charge in [-0.25, -0.2) is 12.7 Å². The van der Waals surface area contributed by atoms with Crippen LogP contribution in [0.15, 0.2) is 30.3 Å². The van der Waals surface area contributed by atoms with Crippen molar-refractivity contribution in [1.82, 2.24) is 4.31 Å². The van der Waals surface area contributed by atoms with Crippen molar-refractivity contribution in [2.45, 2.75) is 24.9 Å². The Bertz CT molecular complexity index is 546. The van der Waals surface area contributed by atoms with E-state index in [1.54, 1.807) is 4.31 Å². The summed E-state index contributed by atoms with van der Waals surface area (Å²) < 4.78 is 37.5. The number of ether oxygens (including phenoxy) is 2. The van der Waals surface area contributed by atoms with Crippen molar-refractivity contribution in [3.05, 3.63) is 35.9 Å². The molecule has 0 aromatic heterocycles. The summed E-state index contributed by atoms with van der Waals surface area (Å²) in [6.45, 7) is 2.42. The van der Waals surface area contributed by atoms with Crippen LogP contribution in [0.5, 0.6) is 0 Å². The van der Waals surface area contributed by atoms with Gasteiger partial charge in [-0.15, -0.1) is 0 Å². The standard InChI is InChI=1S/C15H21NO4S/c17-21(18,12-13-4-2-1-3-5-13)16-8-6-14(7-9-16)15-19-10-11-20-15/h1-5,14-15H,6-12H2. The molecule has 5 nitrogen and oxygen atoms in total. The minimum atomic E-state index is -3.23. The molecule has 2 aliphatic rings. The minimum absolute atomic E-state index is 0.0783. The zero-order valence-corrected chi connectivity index (χ0v) is 12.8. The third-order valence-electron chi connectivity index (χ3n) is 4.12. The van der Waals surface area contributed by atoms with Crippen LogP contribution in [0.3, 0.4) is 0 Å². The van der Waals surface area contributed by atoms with Gasteiger partial charge in [-0.3, -0.25) is 0 Å². The van der Waals surface area contributed by atoms with E-state index in [1.165, 1.54) is 0 Å². The van der Waals surface area contributed by atoms with E-state index in [1.807, 2.05) is 30.3 Å². The topological polar surface area (TPSA) is 55.8 Å². The largest absolute Gasteiger partial charge is 0.350 e. The Balaban J connectivity index is 1.58. The van der Waals surface area contributed by atoms with Gasteiger partial charge in [-0.2, -0.15) is 0 Å². The number of rotatable bonds is 4. The number of hydrogen-bond acceptors (Lipinski definition) is 4. The van der Waals surface area contributed by atoms with Crippen LogP contribution >= 0.6 is 0 Å². The fourth-order valence-electron chi connectivity index (χ4n) is 2.95. The smallest absolute Gasteiger partial charge is 0.218 e. The molecule has 0 unspecified atom stereocenters. The normalized spacial score (nSPS) is 22.7. The van der Waals surface area contributed by atoms with E-state index in [-0.39, 0.29) is 12.0 Å². The van der Waals surface area contributed by atoms with E-state index in [2.05, 4.69) is 0 Å². The summed E-state index contributed by atoms with van der Waals surface area (Å²) in [5.41, 5.74) is 0.835. The molecule has 0 spiro atoms. The Kier molecular flexibility index (Phi) is 4.59. The molecule has 116 valence electrons. The molecule has 1 aromatic rings. The van der Waals surface area contributed by atoms with Gasteiger partial charge in [0.2, 0.25) is 10.0 Å². The van der Waals surface area contributed by atoms with Crippen molar-refractivity contribution < 1.29 is 17.9 Å². The van der Waals surface area contributed by atoms with Crippen LogP contribution in [0.4, 0.5) is 0 Å². The van der Waals surface area contributed by atoms with E-state index < -0.39 is 10.0 Å². The number of piperidine rings is 1. The second-order valence-corrected chi connectivity index (χ2v) is 7.56. The zero-order valence-electron chi connectivity index (χ0n) is 12.0. The predicted molar refractivity (Wildman–Crippen MR) is 79.1 cm³/mol. The highest BCUT2D eigenvalue weighted by atomic mass is 32.2. The quantitative estimate of drug-likeness (QED) is 0.847. The number of benzene rings is 1. The molecule has 0 amide bonds. The maximum Gasteiger partial charge on any atom is 0.218 e. The van der Waals surface area contributed by atoms with Gasteiger partial charge >= 0.3 is 0 Å². The van der Waals surface area contributed by atoms with Gasteiger partial charge in [0.05, 0.1) is 19.0 Å². The van der Waals surface area contributed by atoms with Crippen molar-refractivity contribution in [3.8, 4) is 0 Å². The molecule has 2 aliphatic heterocycles. The number of nitrogens with zero attached hydrogens (tertiary/aromatic N) is 1. The number of sulfonamides is 1. The molecule has 6 heteroatoms. The Morgan fingerprint density at radius 3 is 2.29 bits per heavy atom. The molecule has 3 rings (SSSR count). The van der Waals surface area contributed by atoms with E-state index >= 15 is 0 Å². The lowest BCUT2D eigenvalue weighted by Crippen LogP contribution is -2.41. The predicted octanol–water partition coefficient (Wildman–Crippen LogP) is 1.60. The van der Waals surface area contributed by atoms with E-state index in [0.29, 0.717) is 32.2 Å². The molecule has 0 atom stereocenters. The zero-order chi connectivity index (χ0) is 14.7. The summed E-state index contributed by atoms with van der Waals surface area (Å²) in [5.74, 6) is 0.394. The lowest BCUT2D eigenvalue weighted by molar-refractivity contribution is -0.0938. The Morgan fingerprint density at radius 2 is 1.67 bits per heavy atom. The van der Waals surface area contributed by atoms with E-state index in [4.69, 9.17) is 9.47 Å². The lowest BCUT2D eigenvalue weighted by atomic mass is 9.98. The molecule has 2 saturated heterocycles. The third kappa shape index (κ3) is 3.63. The van der Waals surface area contributed by atoms with Gasteiger partial charge in [0.25, 0.3) is 0 Å². The van der Waals surface area contributed by atoms with Gasteiger partial charge in [-0.05, 0) is 18.4 Å². The first-order chi connectivity index (χ1) is 10.1. The van der Waals surface area contributed by atoms with Crippen molar-refractivity contribution in [1.29, 1.82) is 0 Å². The molecule has 0 aliphatic carbocycles. The molecular weight excluding hydrogens is 290 g/mol. The van der Waals surface area contributed by atoms with Crippen molar-refractivity contribution in [3.63, 3.8) is 0 Å². The average molecular weight is 311 g/mol. The second kappa shape index (κ2) is 6.44. The first kappa shape index (κ1) is 15.0. The molecule has 2 heterocycles. The van der Waals surface area contributed by atoms with Crippen LogP contribution in [0.1, 0.15) is 18.4 Å². The molecule has 21 heavy (non-hydrogen) atoms. The SMILES string of the molecule is O=S(=O)(Cc1ccccc1)N1CCC(C2OCCO2)CC1. The highest BCUT2D eigenvalue weighted by molar-refractivity contribution is 7.88. The molecule has 1 aromatic carbocycles. The molecule has 0 bridgehead atoms. The summed E-state index contributed by atoms with van der Waals surface area (Å²) in [7, 11) is -3.23. The van der Waals surface area contributed by atoms with Gasteiger partial charge in [0.1, 0.15) is 0 Å². The van der Waals surface area contributed by atoms with Crippen molar-refractivity contribution in [2.24, 2.45) is 5.92 Å². The molecule has 0 radical (unpaired) electrons. The number of hydrogen-bond donors (Lipinski definition) is 0. The maximum atomic E-state index is 12.4. The first-order valence-corrected chi connectivity index (χ1v) is 9.01. The van der Waals surface area contributed by atoms with Gasteiger partial charge in [0, 0.05) is 19.0 Å². The fraction of sp³-hybridized carbons (Fsp3) is 0.600. The maximum absolute atomic E-state index is 12.4. The average Bonchev–Trinajstić information content (AvgIpc) is 3.02. The fourth-order valence-corrected chi connectivity index (χ4v) is 4.51. The van der Waals surface area contributed by atoms with Crippen LogP contribution in [-0.2, 0) is 25.2 Å². The van der Waals surface area contributed by atoms with Crippen LogP contribution in [0.2, 0.25) is 0 Å². The molecular formula is C15H21NO4S. The van der Waals surface area contributed by atoms with E-state index in [9.17, 15) is 8.42 Å². The van der Waals surface area contributed by atoms with Crippen LogP contribution in [-0.4, -0.2) is 45.3 Å². The van der Waals surface area contributed by atoms with Gasteiger partial charge < -0.3 is 9.47 Å². The summed E-state index contributed by atoms with van der Waals surface area (Å²) in [6, 6.07) is 9.33. The summed E-state index contributed by atoms with van der Waals surface area (Å²) in [5, 5.41) is 0. The van der Waals surface area contributed by atoms with Crippen LogP contribution < -0.4 is 0 Å². The van der Waals surface area contributed by atoms with Crippen LogP contribution in [0.25, 0.3) is 0 Å². The van der Waals surface area contributed by atoms with Gasteiger partial charge in [0.15, 0.2) is 6.29 Å². The van der Waals surface area contributed by atoms with E-state index in [0.717, 1.165) is 18.4 Å². The molecule has 0 saturated carbocycles. The highest BCUT2D eigenvalue weighted by Gasteiger charge is 2.34. The Hall–Kier alpha value is -0.950. The van der Waals surface area contributed by atoms with Crippen molar-refractivity contribution >= 4 is 10.0 Å². The Morgan fingerprint density at radius 1 is 1.05 bits per heavy atom. The first-order valence-electron chi connectivity index (χ1n) is 7.40. The van der Waals surface area contributed by atoms with Crippen LogP contribution in [0, 0.1) is 5.92 Å². The summed E-state index contributed by atoms with van der Waals surface area (Å²) >= 11 is 0. The molecule has 2 fully saturated rings. The summed E-state index contributed by atoms with van der Waals surface area (Å²) in [6.07, 6.45) is 1.47. The van der Waals surface area contributed by atoms with Crippen molar-refractivity contribution in [2.75, 3.05) is 26.3 Å². The third-order valence-corrected chi connectivity index (χ3v) is 5.97. The Labute approximate surface area is 125 Å². The molecule has 0 N–H and O–H groups in total. The lowest BCUT2D eigenvalue weighted by Gasteiger charge is -2.33. The second-order valence-electron chi connectivity index (χ2n) is 5.59. The highest BCUT2D eigenvalue weighted by Crippen LogP contribution is 2.27. The van der Waals surface area contributed by atoms with Gasteiger partial charge in [-0.1, -0.05) is 30.3 Å². The minimum Gasteiger partial charge on any atom is -0.350 e. The monoisotopic (exact) mass is 311 g/mol.